The van der Waals surface area contributed by atoms with Gasteiger partial charge in [-0.1, -0.05) is 25.4 Å². The molecule has 1 aliphatic heterocycles. The number of hydrogen-bond acceptors (Lipinski definition) is 5. The fourth-order valence-corrected chi connectivity index (χ4v) is 3.10. The topological polar surface area (TPSA) is 49.3 Å². The number of halogens is 1. The van der Waals surface area contributed by atoms with Gasteiger partial charge in [0.2, 0.25) is 0 Å². The lowest BCUT2D eigenvalue weighted by Gasteiger charge is -2.26. The summed E-state index contributed by atoms with van der Waals surface area (Å²) in [4.78, 5) is 24.3. The minimum Gasteiger partial charge on any atom is -0.354 e. The molecule has 1 atom stereocenters. The lowest BCUT2D eigenvalue weighted by Crippen LogP contribution is -2.37. The number of anilines is 1. The van der Waals surface area contributed by atoms with Crippen LogP contribution in [0, 0.1) is 6.92 Å². The van der Waals surface area contributed by atoms with Crippen LogP contribution < -0.4 is 4.90 Å². The number of aryl methyl sites for hydroxylation is 1. The standard InChI is InChI=1S/C14H21ClN4O/c1-4-18(5-2)11-6-7-19(8-11)14-12(9-20)13(15)16-10(3)17-14/h9,11H,4-8H2,1-3H3. The van der Waals surface area contributed by atoms with E-state index in [0.29, 0.717) is 23.2 Å². The van der Waals surface area contributed by atoms with Crippen LogP contribution in [-0.4, -0.2) is 53.4 Å². The highest BCUT2D eigenvalue weighted by Gasteiger charge is 2.29. The highest BCUT2D eigenvalue weighted by Crippen LogP contribution is 2.27. The van der Waals surface area contributed by atoms with Gasteiger partial charge >= 0.3 is 0 Å². The number of carbonyl (C=O) groups is 1. The first-order chi connectivity index (χ1) is 9.60. The molecule has 6 heteroatoms. The van der Waals surface area contributed by atoms with E-state index in [1.807, 2.05) is 0 Å². The van der Waals surface area contributed by atoms with Crippen LogP contribution in [0.1, 0.15) is 36.5 Å². The van der Waals surface area contributed by atoms with Crippen LogP contribution in [0.3, 0.4) is 0 Å². The van der Waals surface area contributed by atoms with E-state index < -0.39 is 0 Å². The second kappa shape index (κ2) is 6.50. The maximum absolute atomic E-state index is 11.2. The largest absolute Gasteiger partial charge is 0.354 e. The van der Waals surface area contributed by atoms with Gasteiger partial charge in [-0.15, -0.1) is 0 Å². The number of aldehydes is 1. The summed E-state index contributed by atoms with van der Waals surface area (Å²) in [5.41, 5.74) is 0.400. The summed E-state index contributed by atoms with van der Waals surface area (Å²) in [6.07, 6.45) is 1.84. The van der Waals surface area contributed by atoms with E-state index in [1.54, 1.807) is 6.92 Å². The molecule has 1 aliphatic rings. The highest BCUT2D eigenvalue weighted by atomic mass is 35.5. The Kier molecular flexibility index (Phi) is 4.94. The van der Waals surface area contributed by atoms with Crippen molar-refractivity contribution in [3.63, 3.8) is 0 Å². The van der Waals surface area contributed by atoms with Gasteiger partial charge in [0.05, 0.1) is 5.56 Å². The zero-order valence-corrected chi connectivity index (χ0v) is 13.0. The van der Waals surface area contributed by atoms with Crippen LogP contribution in [-0.2, 0) is 0 Å². The number of rotatable bonds is 5. The van der Waals surface area contributed by atoms with Crippen molar-refractivity contribution in [3.8, 4) is 0 Å². The van der Waals surface area contributed by atoms with Gasteiger partial charge in [-0.05, 0) is 26.4 Å². The first kappa shape index (κ1) is 15.2. The average Bonchev–Trinajstić information content (AvgIpc) is 2.89. The molecule has 0 spiro atoms. The number of likely N-dealkylation sites (N-methyl/N-ethyl adjacent to an activating group) is 1. The number of aromatic nitrogens is 2. The summed E-state index contributed by atoms with van der Waals surface area (Å²) >= 11 is 6.05. The van der Waals surface area contributed by atoms with Crippen LogP contribution in [0.2, 0.25) is 5.15 Å². The Morgan fingerprint density at radius 1 is 1.40 bits per heavy atom. The lowest BCUT2D eigenvalue weighted by atomic mass is 10.2. The second-order valence-corrected chi connectivity index (χ2v) is 5.38. The maximum Gasteiger partial charge on any atom is 0.156 e. The Balaban J connectivity index is 2.24. The maximum atomic E-state index is 11.2. The molecule has 0 aromatic carbocycles. The zero-order chi connectivity index (χ0) is 14.7. The number of nitrogens with zero attached hydrogens (tertiary/aromatic N) is 4. The Morgan fingerprint density at radius 2 is 2.10 bits per heavy atom. The molecule has 0 aliphatic carbocycles. The molecule has 1 aromatic rings. The SMILES string of the molecule is CCN(CC)C1CCN(c2nc(C)nc(Cl)c2C=O)C1. The minimum atomic E-state index is 0.244. The van der Waals surface area contributed by atoms with E-state index in [4.69, 9.17) is 11.6 Å². The van der Waals surface area contributed by atoms with Crippen molar-refractivity contribution in [2.75, 3.05) is 31.1 Å². The van der Waals surface area contributed by atoms with Crippen molar-refractivity contribution in [3.05, 3.63) is 16.5 Å². The van der Waals surface area contributed by atoms with Crippen molar-refractivity contribution in [1.29, 1.82) is 0 Å². The number of hydrogen-bond donors (Lipinski definition) is 0. The lowest BCUT2D eigenvalue weighted by molar-refractivity contribution is 0.112. The Labute approximate surface area is 124 Å². The van der Waals surface area contributed by atoms with Crippen LogP contribution in [0.4, 0.5) is 5.82 Å². The zero-order valence-electron chi connectivity index (χ0n) is 12.3. The summed E-state index contributed by atoms with van der Waals surface area (Å²) < 4.78 is 0. The highest BCUT2D eigenvalue weighted by molar-refractivity contribution is 6.32. The molecular weight excluding hydrogens is 276 g/mol. The normalized spacial score (nSPS) is 18.9. The third-order valence-electron chi connectivity index (χ3n) is 3.90. The van der Waals surface area contributed by atoms with Gasteiger partial charge in [-0.2, -0.15) is 0 Å². The molecule has 2 heterocycles. The third kappa shape index (κ3) is 2.94. The van der Waals surface area contributed by atoms with Gasteiger partial charge in [0.15, 0.2) is 6.29 Å². The van der Waals surface area contributed by atoms with E-state index in [1.165, 1.54) is 0 Å². The molecule has 1 fully saturated rings. The third-order valence-corrected chi connectivity index (χ3v) is 4.19. The molecule has 0 amide bonds. The van der Waals surface area contributed by atoms with Gasteiger partial charge in [0.25, 0.3) is 0 Å². The fraction of sp³-hybridized carbons (Fsp3) is 0.643. The van der Waals surface area contributed by atoms with Crippen molar-refractivity contribution in [2.24, 2.45) is 0 Å². The van der Waals surface area contributed by atoms with Crippen LogP contribution in [0.15, 0.2) is 0 Å². The van der Waals surface area contributed by atoms with E-state index in [-0.39, 0.29) is 5.15 Å². The van der Waals surface area contributed by atoms with Gasteiger partial charge in [0, 0.05) is 19.1 Å². The van der Waals surface area contributed by atoms with E-state index in [9.17, 15) is 4.79 Å². The quantitative estimate of drug-likeness (QED) is 0.616. The van der Waals surface area contributed by atoms with Crippen LogP contribution >= 0.6 is 11.6 Å². The van der Waals surface area contributed by atoms with Crippen LogP contribution in [0.5, 0.6) is 0 Å². The molecule has 5 nitrogen and oxygen atoms in total. The van der Waals surface area contributed by atoms with Gasteiger partial charge in [-0.25, -0.2) is 9.97 Å². The molecule has 1 saturated heterocycles. The van der Waals surface area contributed by atoms with Crippen molar-refractivity contribution < 1.29 is 4.79 Å². The van der Waals surface area contributed by atoms with Crippen LogP contribution in [0.25, 0.3) is 0 Å². The van der Waals surface area contributed by atoms with Gasteiger partial charge in [0.1, 0.15) is 16.8 Å². The smallest absolute Gasteiger partial charge is 0.156 e. The first-order valence-corrected chi connectivity index (χ1v) is 7.46. The fourth-order valence-electron chi connectivity index (χ4n) is 2.85. The Morgan fingerprint density at radius 3 is 2.70 bits per heavy atom. The van der Waals surface area contributed by atoms with E-state index in [0.717, 1.165) is 38.9 Å². The Bertz CT molecular complexity index is 490. The molecule has 0 N–H and O–H groups in total. The molecule has 1 unspecified atom stereocenters. The summed E-state index contributed by atoms with van der Waals surface area (Å²) in [6, 6.07) is 0.513. The summed E-state index contributed by atoms with van der Waals surface area (Å²) in [5, 5.41) is 0.244. The first-order valence-electron chi connectivity index (χ1n) is 7.09. The molecule has 0 saturated carbocycles. The van der Waals surface area contributed by atoms with E-state index in [2.05, 4.69) is 33.6 Å². The van der Waals surface area contributed by atoms with Gasteiger partial charge < -0.3 is 4.90 Å². The van der Waals surface area contributed by atoms with E-state index >= 15 is 0 Å². The monoisotopic (exact) mass is 296 g/mol. The number of carbonyl (C=O) groups excluding carboxylic acids is 1. The molecule has 0 radical (unpaired) electrons. The summed E-state index contributed by atoms with van der Waals surface area (Å²) in [6.45, 7) is 10.0. The Hall–Kier alpha value is -1.20. The average molecular weight is 297 g/mol. The molecule has 2 rings (SSSR count). The molecule has 0 bridgehead atoms. The predicted octanol–water partition coefficient (Wildman–Crippen LogP) is 2.17. The molecule has 1 aromatic heterocycles. The molecule has 20 heavy (non-hydrogen) atoms. The second-order valence-electron chi connectivity index (χ2n) is 5.03. The minimum absolute atomic E-state index is 0.244. The summed E-state index contributed by atoms with van der Waals surface area (Å²) in [7, 11) is 0. The summed E-state index contributed by atoms with van der Waals surface area (Å²) in [5.74, 6) is 1.27. The predicted molar refractivity (Wildman–Crippen MR) is 80.7 cm³/mol. The van der Waals surface area contributed by atoms with Gasteiger partial charge in [-0.3, -0.25) is 9.69 Å². The van der Waals surface area contributed by atoms with Crippen molar-refractivity contribution in [2.45, 2.75) is 33.2 Å². The molecule has 110 valence electrons. The molecular formula is C14H21ClN4O. The van der Waals surface area contributed by atoms with Crippen molar-refractivity contribution in [1.82, 2.24) is 14.9 Å². The van der Waals surface area contributed by atoms with Crippen molar-refractivity contribution >= 4 is 23.7 Å².